The van der Waals surface area contributed by atoms with Crippen LogP contribution in [0, 0.1) is 6.92 Å². The van der Waals surface area contributed by atoms with Crippen LogP contribution in [-0.4, -0.2) is 4.57 Å². The van der Waals surface area contributed by atoms with E-state index in [0.717, 1.165) is 0 Å². The molecule has 51 heavy (non-hydrogen) atoms. The molecule has 1 fully saturated rings. The van der Waals surface area contributed by atoms with Gasteiger partial charge in [0, 0.05) is 39.1 Å². The maximum absolute atomic E-state index is 2.48. The Hall–Kier alpha value is -5.66. The quantitative estimate of drug-likeness (QED) is 0.174. The molecule has 246 valence electrons. The van der Waals surface area contributed by atoms with Crippen LogP contribution < -0.4 is 0 Å². The minimum Gasteiger partial charge on any atom is -0.309 e. The number of hydrogen-bond acceptors (Lipinski definition) is 0. The van der Waals surface area contributed by atoms with Crippen LogP contribution in [0.5, 0.6) is 0 Å². The minimum atomic E-state index is -0.0570. The van der Waals surface area contributed by atoms with E-state index in [1.165, 1.54) is 83.1 Å². The van der Waals surface area contributed by atoms with Crippen LogP contribution in [0.2, 0.25) is 0 Å². The Bertz CT molecular complexity index is 2620. The topological polar surface area (TPSA) is 4.93 Å². The number of rotatable bonds is 5. The van der Waals surface area contributed by atoms with Crippen molar-refractivity contribution in [1.82, 2.24) is 4.57 Å². The highest BCUT2D eigenvalue weighted by molar-refractivity contribution is 6.12. The first kappa shape index (κ1) is 30.2. The lowest BCUT2D eigenvalue weighted by Crippen LogP contribution is -2.14. The van der Waals surface area contributed by atoms with E-state index in [-0.39, 0.29) is 10.8 Å². The SMILES string of the molecule is Cc1cccc(-n2c3ccc(-c4ccc(C5C(c6ccccc6)C5(C)c5ccccc5)cc4)cc3c3cc4c(cc32)C(C)(C)c2ccccc2-4)c1. The van der Waals surface area contributed by atoms with E-state index in [2.05, 4.69) is 196 Å². The molecule has 10 rings (SSSR count). The molecular weight excluding hydrogens is 615 g/mol. The van der Waals surface area contributed by atoms with Gasteiger partial charge in [-0.1, -0.05) is 148 Å². The second-order valence-electron chi connectivity index (χ2n) is 15.6. The van der Waals surface area contributed by atoms with Gasteiger partial charge >= 0.3 is 0 Å². The molecule has 1 nitrogen and oxygen atoms in total. The summed E-state index contributed by atoms with van der Waals surface area (Å²) in [5.74, 6) is 0.883. The minimum absolute atomic E-state index is 0.0570. The zero-order valence-corrected chi connectivity index (χ0v) is 29.7. The summed E-state index contributed by atoms with van der Waals surface area (Å²) in [5, 5.41) is 2.60. The van der Waals surface area contributed by atoms with Crippen LogP contribution in [0.15, 0.2) is 164 Å². The molecule has 0 spiro atoms. The van der Waals surface area contributed by atoms with Gasteiger partial charge in [-0.05, 0) is 99.0 Å². The van der Waals surface area contributed by atoms with Crippen LogP contribution in [0.1, 0.15) is 66.0 Å². The van der Waals surface area contributed by atoms with Crippen molar-refractivity contribution in [2.24, 2.45) is 0 Å². The first-order valence-corrected chi connectivity index (χ1v) is 18.3. The summed E-state index contributed by atoms with van der Waals surface area (Å²) in [5.41, 5.74) is 17.3. The van der Waals surface area contributed by atoms with Gasteiger partial charge in [0.25, 0.3) is 0 Å². The molecule has 7 aromatic carbocycles. The lowest BCUT2D eigenvalue weighted by Gasteiger charge is -2.21. The van der Waals surface area contributed by atoms with Crippen molar-refractivity contribution < 1.29 is 0 Å². The van der Waals surface area contributed by atoms with Gasteiger partial charge < -0.3 is 4.57 Å². The normalized spacial score (nSPS) is 20.0. The Balaban J connectivity index is 1.11. The molecule has 0 radical (unpaired) electrons. The highest BCUT2D eigenvalue weighted by Gasteiger charge is 2.62. The third-order valence-electron chi connectivity index (χ3n) is 12.4. The molecule has 3 atom stereocenters. The molecule has 0 N–H and O–H groups in total. The predicted molar refractivity (Wildman–Crippen MR) is 214 cm³/mol. The number of aromatic nitrogens is 1. The van der Waals surface area contributed by atoms with Crippen molar-refractivity contribution in [3.63, 3.8) is 0 Å². The largest absolute Gasteiger partial charge is 0.309 e. The number of aryl methyl sites for hydroxylation is 1. The number of nitrogens with zero attached hydrogens (tertiary/aromatic N) is 1. The molecule has 0 amide bonds. The lowest BCUT2D eigenvalue weighted by atomic mass is 9.82. The van der Waals surface area contributed by atoms with Gasteiger partial charge in [-0.2, -0.15) is 0 Å². The molecular formula is C50H41N. The fourth-order valence-electron chi connectivity index (χ4n) is 9.73. The summed E-state index contributed by atoms with van der Waals surface area (Å²) in [6, 6.07) is 61.6. The standard InChI is InChI=1S/C50H41N/c1-32-14-13-19-38(28-32)51-45-27-26-36(29-41(45)42-30-40-39-20-11-12-21-43(39)49(2,3)44(40)31-46(42)51)33-22-24-35(25-23-33)48-47(34-15-7-5-8-16-34)50(48,4)37-17-9-6-10-18-37/h5-31,47-48H,1-4H3. The maximum Gasteiger partial charge on any atom is 0.0544 e. The highest BCUT2D eigenvalue weighted by Crippen LogP contribution is 2.70. The van der Waals surface area contributed by atoms with Crippen molar-refractivity contribution in [2.45, 2.75) is 50.4 Å². The summed E-state index contributed by atoms with van der Waals surface area (Å²) in [6.45, 7) is 9.38. The predicted octanol–water partition coefficient (Wildman–Crippen LogP) is 12.9. The van der Waals surface area contributed by atoms with Crippen molar-refractivity contribution >= 4 is 21.8 Å². The van der Waals surface area contributed by atoms with E-state index in [1.54, 1.807) is 0 Å². The van der Waals surface area contributed by atoms with E-state index >= 15 is 0 Å². The zero-order valence-electron chi connectivity index (χ0n) is 29.7. The summed E-state index contributed by atoms with van der Waals surface area (Å²) in [6.07, 6.45) is 0. The molecule has 3 unspecified atom stereocenters. The van der Waals surface area contributed by atoms with E-state index in [1.807, 2.05) is 0 Å². The molecule has 8 aromatic rings. The molecule has 1 heteroatoms. The second kappa shape index (κ2) is 10.9. The maximum atomic E-state index is 2.48. The van der Waals surface area contributed by atoms with Gasteiger partial charge in [-0.15, -0.1) is 0 Å². The second-order valence-corrected chi connectivity index (χ2v) is 15.6. The van der Waals surface area contributed by atoms with Crippen LogP contribution >= 0.6 is 0 Å². The Kier molecular flexibility index (Phi) is 6.46. The molecule has 1 saturated carbocycles. The zero-order chi connectivity index (χ0) is 34.5. The first-order chi connectivity index (χ1) is 24.8. The number of fused-ring (bicyclic) bond motifs is 6. The summed E-state index contributed by atoms with van der Waals surface area (Å²) in [7, 11) is 0. The van der Waals surface area contributed by atoms with E-state index in [9.17, 15) is 0 Å². The molecule has 1 heterocycles. The van der Waals surface area contributed by atoms with Gasteiger partial charge in [0.05, 0.1) is 11.0 Å². The molecule has 2 aliphatic carbocycles. The fraction of sp³-hybridized carbons (Fsp3) is 0.160. The van der Waals surface area contributed by atoms with Crippen LogP contribution in [0.4, 0.5) is 0 Å². The van der Waals surface area contributed by atoms with Crippen LogP contribution in [-0.2, 0) is 10.8 Å². The summed E-state index contributed by atoms with van der Waals surface area (Å²) in [4.78, 5) is 0. The smallest absolute Gasteiger partial charge is 0.0544 e. The monoisotopic (exact) mass is 655 g/mol. The van der Waals surface area contributed by atoms with Gasteiger partial charge in [-0.25, -0.2) is 0 Å². The van der Waals surface area contributed by atoms with Gasteiger partial charge in [0.2, 0.25) is 0 Å². The summed E-state index contributed by atoms with van der Waals surface area (Å²) >= 11 is 0. The van der Waals surface area contributed by atoms with Crippen LogP contribution in [0.3, 0.4) is 0 Å². The highest BCUT2D eigenvalue weighted by atomic mass is 15.0. The third kappa shape index (κ3) is 4.40. The molecule has 2 aliphatic rings. The Morgan fingerprint density at radius 2 is 1.12 bits per heavy atom. The van der Waals surface area contributed by atoms with Crippen molar-refractivity contribution in [3.8, 4) is 27.9 Å². The van der Waals surface area contributed by atoms with Crippen molar-refractivity contribution in [2.75, 3.05) is 0 Å². The van der Waals surface area contributed by atoms with Crippen LogP contribution in [0.25, 0.3) is 49.7 Å². The number of hydrogen-bond donors (Lipinski definition) is 0. The van der Waals surface area contributed by atoms with E-state index < -0.39 is 0 Å². The molecule has 0 bridgehead atoms. The van der Waals surface area contributed by atoms with Gasteiger partial charge in [-0.3, -0.25) is 0 Å². The third-order valence-corrected chi connectivity index (χ3v) is 12.4. The molecule has 1 aromatic heterocycles. The Morgan fingerprint density at radius 1 is 0.471 bits per heavy atom. The average molecular weight is 656 g/mol. The lowest BCUT2D eigenvalue weighted by molar-refractivity contribution is 0.661. The van der Waals surface area contributed by atoms with Gasteiger partial charge in [0.15, 0.2) is 0 Å². The first-order valence-electron chi connectivity index (χ1n) is 18.3. The van der Waals surface area contributed by atoms with E-state index in [4.69, 9.17) is 0 Å². The fourth-order valence-corrected chi connectivity index (χ4v) is 9.73. The van der Waals surface area contributed by atoms with Crippen molar-refractivity contribution in [3.05, 3.63) is 197 Å². The van der Waals surface area contributed by atoms with E-state index in [0.29, 0.717) is 11.8 Å². The van der Waals surface area contributed by atoms with Crippen molar-refractivity contribution in [1.29, 1.82) is 0 Å². The van der Waals surface area contributed by atoms with Gasteiger partial charge in [0.1, 0.15) is 0 Å². The summed E-state index contributed by atoms with van der Waals surface area (Å²) < 4.78 is 2.48. The number of benzene rings is 7. The molecule has 0 saturated heterocycles. The Labute approximate surface area is 300 Å². The average Bonchev–Trinajstić information content (AvgIpc) is 3.59. The Morgan fingerprint density at radius 3 is 1.86 bits per heavy atom. The molecule has 0 aliphatic heterocycles.